The number of sulfonamides is 1. The van der Waals surface area contributed by atoms with Crippen LogP contribution in [0.4, 0.5) is 10.8 Å². The summed E-state index contributed by atoms with van der Waals surface area (Å²) >= 11 is 7.87. The van der Waals surface area contributed by atoms with Gasteiger partial charge in [-0.2, -0.15) is 0 Å². The summed E-state index contributed by atoms with van der Waals surface area (Å²) in [6, 6.07) is 16.3. The number of amides is 1. The van der Waals surface area contributed by atoms with Crippen molar-refractivity contribution in [1.82, 2.24) is 15.2 Å². The topological polar surface area (TPSA) is 113 Å². The van der Waals surface area contributed by atoms with E-state index in [1.807, 2.05) is 12.1 Å². The number of aromatic nitrogens is 1. The van der Waals surface area contributed by atoms with E-state index in [0.29, 0.717) is 40.9 Å². The van der Waals surface area contributed by atoms with Gasteiger partial charge in [0.2, 0.25) is 0 Å². The van der Waals surface area contributed by atoms with E-state index in [4.69, 9.17) is 26.1 Å². The number of hydrogen-bond acceptors (Lipinski definition) is 9. The first kappa shape index (κ1) is 31.6. The van der Waals surface area contributed by atoms with Gasteiger partial charge >= 0.3 is 0 Å². The number of anilines is 2. The van der Waals surface area contributed by atoms with Gasteiger partial charge in [0.1, 0.15) is 11.3 Å². The molecule has 42 heavy (non-hydrogen) atoms. The minimum atomic E-state index is -3.81. The van der Waals surface area contributed by atoms with Gasteiger partial charge in [0.25, 0.3) is 15.9 Å². The lowest BCUT2D eigenvalue weighted by Crippen LogP contribution is -2.48. The molecular weight excluding hydrogens is 621 g/mol. The van der Waals surface area contributed by atoms with Gasteiger partial charge < -0.3 is 19.7 Å². The summed E-state index contributed by atoms with van der Waals surface area (Å²) in [6.07, 6.45) is 0. The Kier molecular flexibility index (Phi) is 10.4. The second-order valence-electron chi connectivity index (χ2n) is 9.37. The summed E-state index contributed by atoms with van der Waals surface area (Å²) in [6.45, 7) is 4.49. The number of rotatable bonds is 10. The lowest BCUT2D eigenvalue weighted by atomic mass is 10.2. The van der Waals surface area contributed by atoms with Gasteiger partial charge in [-0.05, 0) is 54.6 Å². The van der Waals surface area contributed by atoms with Crippen LogP contribution in [0.1, 0.15) is 10.4 Å². The maximum atomic E-state index is 12.8. The van der Waals surface area contributed by atoms with Crippen molar-refractivity contribution >= 4 is 72.3 Å². The maximum Gasteiger partial charge on any atom is 0.261 e. The fourth-order valence-corrected chi connectivity index (χ4v) is 6.84. The number of ether oxygens (including phenoxy) is 2. The quantitative estimate of drug-likeness (QED) is 0.253. The van der Waals surface area contributed by atoms with E-state index in [1.165, 1.54) is 25.3 Å². The molecule has 1 saturated heterocycles. The number of fused-ring (bicyclic) bond motifs is 1. The number of hydrogen-bond donors (Lipinski definition) is 2. The van der Waals surface area contributed by atoms with Crippen LogP contribution in [0.2, 0.25) is 5.02 Å². The molecule has 0 aliphatic carbocycles. The van der Waals surface area contributed by atoms with Crippen LogP contribution < -0.4 is 24.4 Å². The number of halogens is 2. The Morgan fingerprint density at radius 1 is 1.02 bits per heavy atom. The van der Waals surface area contributed by atoms with E-state index in [1.54, 1.807) is 48.8 Å². The predicted molar refractivity (Wildman–Crippen MR) is 170 cm³/mol. The maximum absolute atomic E-state index is 12.8. The smallest absolute Gasteiger partial charge is 0.261 e. The van der Waals surface area contributed by atoms with Crippen LogP contribution in [0.25, 0.3) is 10.2 Å². The molecule has 1 aromatic heterocycles. The first-order valence-corrected chi connectivity index (χ1v) is 15.6. The molecule has 14 heteroatoms. The third-order valence-corrected chi connectivity index (χ3v) is 9.54. The lowest BCUT2D eigenvalue weighted by Gasteiger charge is -2.34. The summed E-state index contributed by atoms with van der Waals surface area (Å²) in [7, 11) is -0.705. The molecule has 3 aromatic carbocycles. The molecule has 0 radical (unpaired) electrons. The Hall–Kier alpha value is -3.29. The SMILES string of the molecule is COc1ccc(S(=O)(=O)Nc2cccc(C(=O)NCCN3CCN(c4nc5c(OC)c(Cl)ccc5s4)CC3)c2)cc1.Cl. The van der Waals surface area contributed by atoms with Crippen LogP contribution in [0, 0.1) is 0 Å². The molecule has 1 amide bonds. The van der Waals surface area contributed by atoms with Gasteiger partial charge in [-0.15, -0.1) is 12.4 Å². The van der Waals surface area contributed by atoms with Crippen molar-refractivity contribution in [3.8, 4) is 11.5 Å². The van der Waals surface area contributed by atoms with Crippen LogP contribution in [0.3, 0.4) is 0 Å². The molecule has 0 bridgehead atoms. The summed E-state index contributed by atoms with van der Waals surface area (Å²) in [5.41, 5.74) is 1.46. The number of nitrogens with zero attached hydrogens (tertiary/aromatic N) is 3. The Morgan fingerprint density at radius 2 is 1.76 bits per heavy atom. The van der Waals surface area contributed by atoms with Crippen LogP contribution in [0.5, 0.6) is 11.5 Å². The molecule has 2 N–H and O–H groups in total. The molecule has 224 valence electrons. The predicted octanol–water partition coefficient (Wildman–Crippen LogP) is 4.74. The molecule has 1 aliphatic rings. The van der Waals surface area contributed by atoms with E-state index < -0.39 is 10.0 Å². The third-order valence-electron chi connectivity index (χ3n) is 6.76. The number of methoxy groups -OCH3 is 2. The number of benzene rings is 3. The van der Waals surface area contributed by atoms with E-state index in [9.17, 15) is 13.2 Å². The van der Waals surface area contributed by atoms with Gasteiger partial charge in [-0.3, -0.25) is 14.4 Å². The summed E-state index contributed by atoms with van der Waals surface area (Å²) in [4.78, 5) is 22.2. The normalized spacial score (nSPS) is 13.8. The molecular formula is C28H31Cl2N5O5S2. The fraction of sp³-hybridized carbons (Fsp3) is 0.286. The van der Waals surface area contributed by atoms with Crippen LogP contribution in [-0.2, 0) is 10.0 Å². The van der Waals surface area contributed by atoms with E-state index >= 15 is 0 Å². The fourth-order valence-electron chi connectivity index (χ4n) is 4.55. The third kappa shape index (κ3) is 7.19. The zero-order chi connectivity index (χ0) is 29.0. The highest BCUT2D eigenvalue weighted by molar-refractivity contribution is 7.92. The average Bonchev–Trinajstić information content (AvgIpc) is 3.42. The van der Waals surface area contributed by atoms with Crippen molar-refractivity contribution in [3.05, 3.63) is 71.2 Å². The highest BCUT2D eigenvalue weighted by atomic mass is 35.5. The molecule has 0 atom stereocenters. The average molecular weight is 653 g/mol. The zero-order valence-electron chi connectivity index (χ0n) is 23.0. The highest BCUT2D eigenvalue weighted by Crippen LogP contribution is 2.38. The van der Waals surface area contributed by atoms with Crippen molar-refractivity contribution in [1.29, 1.82) is 0 Å². The van der Waals surface area contributed by atoms with E-state index in [-0.39, 0.29) is 23.2 Å². The number of carbonyl (C=O) groups excluding carboxylic acids is 1. The minimum absolute atomic E-state index is 0. The van der Waals surface area contributed by atoms with E-state index in [0.717, 1.165) is 41.5 Å². The molecule has 10 nitrogen and oxygen atoms in total. The zero-order valence-corrected chi connectivity index (χ0v) is 26.2. The van der Waals surface area contributed by atoms with Crippen molar-refractivity contribution in [2.45, 2.75) is 4.90 Å². The second-order valence-corrected chi connectivity index (χ2v) is 12.5. The summed E-state index contributed by atoms with van der Waals surface area (Å²) < 4.78 is 39.6. The monoisotopic (exact) mass is 651 g/mol. The second kappa shape index (κ2) is 13.8. The van der Waals surface area contributed by atoms with Crippen molar-refractivity contribution in [2.24, 2.45) is 0 Å². The van der Waals surface area contributed by atoms with Gasteiger partial charge in [-0.25, -0.2) is 13.4 Å². The Labute approximate surface area is 260 Å². The lowest BCUT2D eigenvalue weighted by molar-refractivity contribution is 0.0947. The standard InChI is InChI=1S/C28H30ClN5O5S2.ClH/c1-38-21-6-8-22(9-7-21)41(36,37)32-20-5-3-4-19(18-20)27(35)30-12-13-33-14-16-34(17-15-33)28-31-25-24(40-28)11-10-23(29)26(25)39-2;/h3-11,18,32H,12-17H2,1-2H3,(H,30,35);1H. The highest BCUT2D eigenvalue weighted by Gasteiger charge is 2.22. The molecule has 0 unspecified atom stereocenters. The molecule has 2 heterocycles. The molecule has 5 rings (SSSR count). The molecule has 4 aromatic rings. The van der Waals surface area contributed by atoms with Crippen molar-refractivity contribution < 1.29 is 22.7 Å². The molecule has 0 saturated carbocycles. The summed E-state index contributed by atoms with van der Waals surface area (Å²) in [5, 5.41) is 4.42. The van der Waals surface area contributed by atoms with E-state index in [2.05, 4.69) is 19.8 Å². The van der Waals surface area contributed by atoms with Crippen LogP contribution >= 0.6 is 35.3 Å². The van der Waals surface area contributed by atoms with Crippen LogP contribution in [-0.4, -0.2) is 77.7 Å². The first-order valence-electron chi connectivity index (χ1n) is 12.9. The van der Waals surface area contributed by atoms with Gasteiger partial charge in [0.15, 0.2) is 10.9 Å². The number of thiazole rings is 1. The summed E-state index contributed by atoms with van der Waals surface area (Å²) in [5.74, 6) is 0.891. The minimum Gasteiger partial charge on any atom is -0.497 e. The van der Waals surface area contributed by atoms with Gasteiger partial charge in [0.05, 0.1) is 28.8 Å². The Morgan fingerprint density at radius 3 is 2.45 bits per heavy atom. The first-order chi connectivity index (χ1) is 19.8. The van der Waals surface area contributed by atoms with Crippen molar-refractivity contribution in [3.63, 3.8) is 0 Å². The molecule has 1 fully saturated rings. The van der Waals surface area contributed by atoms with Crippen molar-refractivity contribution in [2.75, 3.05) is 63.1 Å². The van der Waals surface area contributed by atoms with Crippen LogP contribution in [0.15, 0.2) is 65.6 Å². The molecule has 1 aliphatic heterocycles. The Balaban J connectivity index is 0.00000405. The largest absolute Gasteiger partial charge is 0.497 e. The number of carbonyl (C=O) groups is 1. The molecule has 0 spiro atoms. The number of nitrogens with one attached hydrogen (secondary N) is 2. The van der Waals surface area contributed by atoms with Gasteiger partial charge in [0, 0.05) is 50.5 Å². The number of piperazine rings is 1. The van der Waals surface area contributed by atoms with Gasteiger partial charge in [-0.1, -0.05) is 29.0 Å². The Bertz CT molecular complexity index is 1640.